The van der Waals surface area contributed by atoms with Gasteiger partial charge >= 0.3 is 0 Å². The Morgan fingerprint density at radius 2 is 1.90 bits per heavy atom. The number of ether oxygens (including phenoxy) is 1. The normalized spacial score (nSPS) is 12.2. The zero-order valence-corrected chi connectivity index (χ0v) is 11.9. The van der Waals surface area contributed by atoms with Crippen LogP contribution in [0.5, 0.6) is 5.75 Å². The van der Waals surface area contributed by atoms with Gasteiger partial charge in [-0.3, -0.25) is 0 Å². The van der Waals surface area contributed by atoms with Crippen LogP contribution in [0.2, 0.25) is 0 Å². The fourth-order valence-electron chi connectivity index (χ4n) is 2.12. The predicted octanol–water partition coefficient (Wildman–Crippen LogP) is 3.73. The molecule has 0 saturated heterocycles. The van der Waals surface area contributed by atoms with E-state index in [0.717, 1.165) is 6.54 Å². The highest BCUT2D eigenvalue weighted by Gasteiger charge is 2.06. The summed E-state index contributed by atoms with van der Waals surface area (Å²) in [6.07, 6.45) is 0. The molecule has 0 aliphatic carbocycles. The second kappa shape index (κ2) is 7.06. The molecule has 20 heavy (non-hydrogen) atoms. The maximum absolute atomic E-state index is 13.8. The minimum Gasteiger partial charge on any atom is -0.497 e. The molecule has 1 unspecified atom stereocenters. The Bertz CT molecular complexity index is 542. The monoisotopic (exact) mass is 273 g/mol. The third kappa shape index (κ3) is 3.81. The first-order valence-electron chi connectivity index (χ1n) is 6.79. The van der Waals surface area contributed by atoms with Crippen LogP contribution >= 0.6 is 0 Å². The second-order valence-corrected chi connectivity index (χ2v) is 4.90. The van der Waals surface area contributed by atoms with E-state index in [1.165, 1.54) is 18.7 Å². The highest BCUT2D eigenvalue weighted by Crippen LogP contribution is 2.17. The van der Waals surface area contributed by atoms with Crippen molar-refractivity contribution < 1.29 is 9.13 Å². The van der Waals surface area contributed by atoms with Gasteiger partial charge in [-0.1, -0.05) is 43.3 Å². The van der Waals surface area contributed by atoms with E-state index in [9.17, 15) is 4.39 Å². The Morgan fingerprint density at radius 1 is 1.15 bits per heavy atom. The molecule has 2 nitrogen and oxygen atoms in total. The van der Waals surface area contributed by atoms with Gasteiger partial charge in [-0.15, -0.1) is 0 Å². The summed E-state index contributed by atoms with van der Waals surface area (Å²) in [5, 5.41) is 3.30. The van der Waals surface area contributed by atoms with E-state index in [1.807, 2.05) is 18.2 Å². The minimum atomic E-state index is -0.232. The maximum Gasteiger partial charge on any atom is 0.131 e. The third-order valence-electron chi connectivity index (χ3n) is 3.39. The molecule has 0 fully saturated rings. The van der Waals surface area contributed by atoms with E-state index < -0.39 is 0 Å². The highest BCUT2D eigenvalue weighted by atomic mass is 19.1. The van der Waals surface area contributed by atoms with Gasteiger partial charge in [0.25, 0.3) is 0 Å². The fourth-order valence-corrected chi connectivity index (χ4v) is 2.12. The van der Waals surface area contributed by atoms with E-state index >= 15 is 0 Å². The van der Waals surface area contributed by atoms with Crippen LogP contribution in [0.25, 0.3) is 0 Å². The molecular formula is C17H20FNO. The molecule has 1 atom stereocenters. The molecule has 3 heteroatoms. The SMILES string of the molecule is COc1ccc(CNCC(C)c2ccccc2)c(F)c1. The van der Waals surface area contributed by atoms with Gasteiger partial charge in [-0.05, 0) is 17.5 Å². The molecule has 0 saturated carbocycles. The molecular weight excluding hydrogens is 253 g/mol. The summed E-state index contributed by atoms with van der Waals surface area (Å²) in [5.41, 5.74) is 1.95. The van der Waals surface area contributed by atoms with Crippen LogP contribution in [0.3, 0.4) is 0 Å². The van der Waals surface area contributed by atoms with Gasteiger partial charge in [0, 0.05) is 24.7 Å². The summed E-state index contributed by atoms with van der Waals surface area (Å²) in [5.74, 6) is 0.714. The Hall–Kier alpha value is -1.87. The maximum atomic E-state index is 13.8. The minimum absolute atomic E-state index is 0.232. The van der Waals surface area contributed by atoms with Crippen LogP contribution in [-0.4, -0.2) is 13.7 Å². The third-order valence-corrected chi connectivity index (χ3v) is 3.39. The molecule has 1 N–H and O–H groups in total. The van der Waals surface area contributed by atoms with Crippen molar-refractivity contribution in [3.63, 3.8) is 0 Å². The van der Waals surface area contributed by atoms with Crippen LogP contribution in [0.15, 0.2) is 48.5 Å². The van der Waals surface area contributed by atoms with Crippen LogP contribution in [0.1, 0.15) is 24.0 Å². The smallest absolute Gasteiger partial charge is 0.131 e. The number of hydrogen-bond donors (Lipinski definition) is 1. The Labute approximate surface area is 119 Å². The lowest BCUT2D eigenvalue weighted by Crippen LogP contribution is -2.20. The average molecular weight is 273 g/mol. The lowest BCUT2D eigenvalue weighted by molar-refractivity contribution is 0.410. The van der Waals surface area contributed by atoms with Crippen LogP contribution in [-0.2, 0) is 6.54 Å². The molecule has 0 bridgehead atoms. The quantitative estimate of drug-likeness (QED) is 0.866. The summed E-state index contributed by atoms with van der Waals surface area (Å²) < 4.78 is 18.8. The number of nitrogens with one attached hydrogen (secondary N) is 1. The van der Waals surface area contributed by atoms with Crippen molar-refractivity contribution in [3.8, 4) is 5.75 Å². The van der Waals surface area contributed by atoms with Crippen LogP contribution < -0.4 is 10.1 Å². The van der Waals surface area contributed by atoms with E-state index in [4.69, 9.17) is 4.74 Å². The number of rotatable bonds is 6. The van der Waals surface area contributed by atoms with Crippen molar-refractivity contribution in [1.29, 1.82) is 0 Å². The molecule has 0 spiro atoms. The lowest BCUT2D eigenvalue weighted by Gasteiger charge is -2.13. The molecule has 0 aliphatic heterocycles. The second-order valence-electron chi connectivity index (χ2n) is 4.90. The summed E-state index contributed by atoms with van der Waals surface area (Å²) in [4.78, 5) is 0. The molecule has 2 rings (SSSR count). The van der Waals surface area contributed by atoms with Crippen molar-refractivity contribution in [3.05, 3.63) is 65.5 Å². The molecule has 2 aromatic rings. The zero-order chi connectivity index (χ0) is 14.4. The van der Waals surface area contributed by atoms with Gasteiger partial charge in [0.05, 0.1) is 7.11 Å². The summed E-state index contributed by atoms with van der Waals surface area (Å²) in [6.45, 7) is 3.50. The zero-order valence-electron chi connectivity index (χ0n) is 11.9. The fraction of sp³-hybridized carbons (Fsp3) is 0.294. The summed E-state index contributed by atoms with van der Waals surface area (Å²) in [6, 6.07) is 15.3. The average Bonchev–Trinajstić information content (AvgIpc) is 2.49. The molecule has 0 heterocycles. The number of halogens is 1. The van der Waals surface area contributed by atoms with Crippen molar-refractivity contribution in [2.24, 2.45) is 0 Å². The first kappa shape index (κ1) is 14.5. The predicted molar refractivity (Wildman–Crippen MR) is 79.5 cm³/mol. The first-order valence-corrected chi connectivity index (χ1v) is 6.79. The van der Waals surface area contributed by atoms with Crippen LogP contribution in [0, 0.1) is 5.82 Å². The topological polar surface area (TPSA) is 21.3 Å². The molecule has 2 aromatic carbocycles. The van der Waals surface area contributed by atoms with Gasteiger partial charge in [-0.2, -0.15) is 0 Å². The van der Waals surface area contributed by atoms with Gasteiger partial charge in [0.15, 0.2) is 0 Å². The van der Waals surface area contributed by atoms with E-state index in [2.05, 4.69) is 24.4 Å². The highest BCUT2D eigenvalue weighted by molar-refractivity contribution is 5.28. The molecule has 0 amide bonds. The summed E-state index contributed by atoms with van der Waals surface area (Å²) in [7, 11) is 1.54. The summed E-state index contributed by atoms with van der Waals surface area (Å²) >= 11 is 0. The van der Waals surface area contributed by atoms with Gasteiger partial charge in [0.2, 0.25) is 0 Å². The van der Waals surface area contributed by atoms with E-state index in [-0.39, 0.29) is 5.82 Å². The lowest BCUT2D eigenvalue weighted by atomic mass is 10.0. The number of benzene rings is 2. The van der Waals surface area contributed by atoms with Crippen molar-refractivity contribution in [2.75, 3.05) is 13.7 Å². The van der Waals surface area contributed by atoms with Gasteiger partial charge in [-0.25, -0.2) is 4.39 Å². The van der Waals surface area contributed by atoms with Gasteiger partial charge < -0.3 is 10.1 Å². The van der Waals surface area contributed by atoms with E-state index in [1.54, 1.807) is 12.1 Å². The Morgan fingerprint density at radius 3 is 2.55 bits per heavy atom. The van der Waals surface area contributed by atoms with Crippen molar-refractivity contribution >= 4 is 0 Å². The Balaban J connectivity index is 1.87. The van der Waals surface area contributed by atoms with Crippen LogP contribution in [0.4, 0.5) is 4.39 Å². The molecule has 106 valence electrons. The molecule has 0 radical (unpaired) electrons. The number of hydrogen-bond acceptors (Lipinski definition) is 2. The number of methoxy groups -OCH3 is 1. The molecule has 0 aromatic heterocycles. The van der Waals surface area contributed by atoms with Crippen molar-refractivity contribution in [1.82, 2.24) is 5.32 Å². The van der Waals surface area contributed by atoms with E-state index in [0.29, 0.717) is 23.8 Å². The first-order chi connectivity index (χ1) is 9.70. The van der Waals surface area contributed by atoms with Crippen molar-refractivity contribution in [2.45, 2.75) is 19.4 Å². The molecule has 0 aliphatic rings. The van der Waals surface area contributed by atoms with Gasteiger partial charge in [0.1, 0.15) is 11.6 Å². The Kier molecular flexibility index (Phi) is 5.13. The standard InChI is InChI=1S/C17H20FNO/c1-13(14-6-4-3-5-7-14)11-19-12-15-8-9-16(20-2)10-17(15)18/h3-10,13,19H,11-12H2,1-2H3. The largest absolute Gasteiger partial charge is 0.497 e.